The Morgan fingerprint density at radius 1 is 1.04 bits per heavy atom. The highest BCUT2D eigenvalue weighted by Gasteiger charge is 2.32. The largest absolute Gasteiger partial charge is 0.504 e. The minimum absolute atomic E-state index is 0.0553. The quantitative estimate of drug-likeness (QED) is 0.875. The lowest BCUT2D eigenvalue weighted by Gasteiger charge is -2.21. The van der Waals surface area contributed by atoms with Crippen LogP contribution in [0.4, 0.5) is 0 Å². The lowest BCUT2D eigenvalue weighted by Crippen LogP contribution is -2.24. The van der Waals surface area contributed by atoms with E-state index in [-0.39, 0.29) is 17.7 Å². The molecule has 0 unspecified atom stereocenters. The van der Waals surface area contributed by atoms with Crippen LogP contribution in [-0.4, -0.2) is 43.1 Å². The van der Waals surface area contributed by atoms with E-state index in [1.807, 2.05) is 18.2 Å². The van der Waals surface area contributed by atoms with Gasteiger partial charge in [0.1, 0.15) is 0 Å². The minimum Gasteiger partial charge on any atom is -0.504 e. The molecule has 1 atom stereocenters. The molecule has 0 aliphatic carbocycles. The summed E-state index contributed by atoms with van der Waals surface area (Å²) < 4.78 is 15.8. The van der Waals surface area contributed by atoms with E-state index in [9.17, 15) is 9.90 Å². The molecule has 0 aromatic heterocycles. The van der Waals surface area contributed by atoms with Gasteiger partial charge in [-0.2, -0.15) is 5.10 Å². The Labute approximate surface area is 157 Å². The summed E-state index contributed by atoms with van der Waals surface area (Å²) in [6.07, 6.45) is 0.531. The number of amides is 1. The predicted octanol–water partition coefficient (Wildman–Crippen LogP) is 3.12. The molecule has 3 rings (SSSR count). The van der Waals surface area contributed by atoms with Gasteiger partial charge in [0.25, 0.3) is 0 Å². The van der Waals surface area contributed by atoms with Crippen molar-refractivity contribution in [3.05, 3.63) is 47.5 Å². The van der Waals surface area contributed by atoms with E-state index in [0.717, 1.165) is 16.8 Å². The van der Waals surface area contributed by atoms with E-state index in [1.54, 1.807) is 32.4 Å². The Kier molecular flexibility index (Phi) is 5.21. The molecule has 0 saturated heterocycles. The molecule has 2 aromatic carbocycles. The maximum atomic E-state index is 12.2. The lowest BCUT2D eigenvalue weighted by molar-refractivity contribution is -0.130. The van der Waals surface area contributed by atoms with Gasteiger partial charge in [0, 0.05) is 18.9 Å². The maximum Gasteiger partial charge on any atom is 0.240 e. The number of nitrogens with zero attached hydrogens (tertiary/aromatic N) is 2. The lowest BCUT2D eigenvalue weighted by atomic mass is 9.98. The molecule has 1 heterocycles. The summed E-state index contributed by atoms with van der Waals surface area (Å²) in [6, 6.07) is 10.3. The fourth-order valence-electron chi connectivity index (χ4n) is 3.15. The first-order chi connectivity index (χ1) is 13.0. The van der Waals surface area contributed by atoms with Gasteiger partial charge in [-0.1, -0.05) is 6.07 Å². The number of hydrogen-bond donors (Lipinski definition) is 1. The molecular weight excluding hydrogens is 348 g/mol. The molecule has 1 N–H and O–H groups in total. The van der Waals surface area contributed by atoms with E-state index in [4.69, 9.17) is 14.2 Å². The Balaban J connectivity index is 1.96. The first kappa shape index (κ1) is 18.6. The Morgan fingerprint density at radius 2 is 1.74 bits per heavy atom. The van der Waals surface area contributed by atoms with Crippen LogP contribution in [0.1, 0.15) is 30.5 Å². The zero-order valence-electron chi connectivity index (χ0n) is 15.7. The average Bonchev–Trinajstić information content (AvgIpc) is 3.13. The molecule has 7 heteroatoms. The normalized spacial score (nSPS) is 16.1. The number of methoxy groups -OCH3 is 3. The van der Waals surface area contributed by atoms with Crippen LogP contribution in [0.25, 0.3) is 0 Å². The van der Waals surface area contributed by atoms with E-state index in [2.05, 4.69) is 5.10 Å². The Hall–Kier alpha value is -3.22. The fourth-order valence-corrected chi connectivity index (χ4v) is 3.15. The molecule has 142 valence electrons. The summed E-state index contributed by atoms with van der Waals surface area (Å²) in [7, 11) is 4.64. The first-order valence-corrected chi connectivity index (χ1v) is 8.45. The van der Waals surface area contributed by atoms with Crippen molar-refractivity contribution in [2.24, 2.45) is 5.10 Å². The smallest absolute Gasteiger partial charge is 0.240 e. The van der Waals surface area contributed by atoms with Gasteiger partial charge in [0.15, 0.2) is 23.0 Å². The van der Waals surface area contributed by atoms with Gasteiger partial charge >= 0.3 is 0 Å². The number of phenolic OH excluding ortho intramolecular Hbond substituents is 1. The minimum atomic E-state index is -0.253. The predicted molar refractivity (Wildman–Crippen MR) is 101 cm³/mol. The number of aromatic hydroxyl groups is 1. The summed E-state index contributed by atoms with van der Waals surface area (Å²) in [5.41, 5.74) is 2.43. The molecular formula is C20H22N2O5. The highest BCUT2D eigenvalue weighted by molar-refractivity contribution is 6.03. The number of hydrazone groups is 1. The maximum absolute atomic E-state index is 12.2. The van der Waals surface area contributed by atoms with Gasteiger partial charge in [0.2, 0.25) is 5.91 Å². The number of phenols is 1. The van der Waals surface area contributed by atoms with Gasteiger partial charge < -0.3 is 19.3 Å². The third kappa shape index (κ3) is 3.53. The van der Waals surface area contributed by atoms with Crippen LogP contribution in [0.5, 0.6) is 23.0 Å². The second kappa shape index (κ2) is 7.57. The molecule has 0 saturated carbocycles. The molecule has 7 nitrogen and oxygen atoms in total. The van der Waals surface area contributed by atoms with Crippen molar-refractivity contribution in [2.45, 2.75) is 19.4 Å². The molecule has 2 aromatic rings. The summed E-state index contributed by atoms with van der Waals surface area (Å²) in [5, 5.41) is 15.8. The van der Waals surface area contributed by atoms with Crippen molar-refractivity contribution in [3.8, 4) is 23.0 Å². The van der Waals surface area contributed by atoms with Gasteiger partial charge in [-0.15, -0.1) is 0 Å². The fraction of sp³-hybridized carbons (Fsp3) is 0.300. The van der Waals surface area contributed by atoms with Crippen LogP contribution in [0.3, 0.4) is 0 Å². The van der Waals surface area contributed by atoms with Crippen LogP contribution >= 0.6 is 0 Å². The second-order valence-corrected chi connectivity index (χ2v) is 6.13. The first-order valence-electron chi connectivity index (χ1n) is 8.45. The Bertz CT molecular complexity index is 894. The van der Waals surface area contributed by atoms with Gasteiger partial charge in [-0.25, -0.2) is 5.01 Å². The number of ether oxygens (including phenoxy) is 3. The van der Waals surface area contributed by atoms with E-state index < -0.39 is 0 Å². The highest BCUT2D eigenvalue weighted by Crippen LogP contribution is 2.38. The van der Waals surface area contributed by atoms with E-state index in [0.29, 0.717) is 23.7 Å². The van der Waals surface area contributed by atoms with Crippen molar-refractivity contribution in [1.82, 2.24) is 5.01 Å². The third-order valence-electron chi connectivity index (χ3n) is 4.54. The molecule has 0 fully saturated rings. The summed E-state index contributed by atoms with van der Waals surface area (Å²) in [6.45, 7) is 1.48. The van der Waals surface area contributed by atoms with Crippen molar-refractivity contribution < 1.29 is 24.1 Å². The third-order valence-corrected chi connectivity index (χ3v) is 4.54. The summed E-state index contributed by atoms with van der Waals surface area (Å²) in [5.74, 6) is 1.48. The molecule has 1 aliphatic heterocycles. The standard InChI is InChI=1S/C20H22N2O5/c1-12(23)22-16(14-6-8-18(25-2)20(10-14)27-4)11-15(21-22)13-5-7-17(24)19(9-13)26-3/h5-10,16,24H,11H2,1-4H3/t16-/m0/s1. The topological polar surface area (TPSA) is 80.6 Å². The molecule has 0 bridgehead atoms. The van der Waals surface area contributed by atoms with E-state index >= 15 is 0 Å². The number of benzene rings is 2. The molecule has 1 amide bonds. The number of carbonyl (C=O) groups excluding carboxylic acids is 1. The van der Waals surface area contributed by atoms with Crippen LogP contribution in [0.15, 0.2) is 41.5 Å². The number of hydrogen-bond acceptors (Lipinski definition) is 6. The average molecular weight is 370 g/mol. The number of carbonyl (C=O) groups is 1. The van der Waals surface area contributed by atoms with Crippen molar-refractivity contribution in [3.63, 3.8) is 0 Å². The summed E-state index contributed by atoms with van der Waals surface area (Å²) in [4.78, 5) is 12.2. The van der Waals surface area contributed by atoms with Gasteiger partial charge in [-0.3, -0.25) is 4.79 Å². The monoisotopic (exact) mass is 370 g/mol. The van der Waals surface area contributed by atoms with Gasteiger partial charge in [-0.05, 0) is 35.9 Å². The molecule has 0 radical (unpaired) electrons. The van der Waals surface area contributed by atoms with Crippen molar-refractivity contribution >= 4 is 11.6 Å². The van der Waals surface area contributed by atoms with E-state index in [1.165, 1.54) is 19.0 Å². The molecule has 1 aliphatic rings. The van der Waals surface area contributed by atoms with Crippen molar-refractivity contribution in [1.29, 1.82) is 0 Å². The van der Waals surface area contributed by atoms with Crippen LogP contribution in [0.2, 0.25) is 0 Å². The van der Waals surface area contributed by atoms with Crippen molar-refractivity contribution in [2.75, 3.05) is 21.3 Å². The zero-order valence-corrected chi connectivity index (χ0v) is 15.7. The molecule has 0 spiro atoms. The Morgan fingerprint density at radius 3 is 2.37 bits per heavy atom. The highest BCUT2D eigenvalue weighted by atomic mass is 16.5. The second-order valence-electron chi connectivity index (χ2n) is 6.13. The van der Waals surface area contributed by atoms with Crippen LogP contribution in [0, 0.1) is 0 Å². The molecule has 27 heavy (non-hydrogen) atoms. The zero-order chi connectivity index (χ0) is 19.6. The van der Waals surface area contributed by atoms with Crippen LogP contribution < -0.4 is 14.2 Å². The summed E-state index contributed by atoms with van der Waals surface area (Å²) >= 11 is 0. The van der Waals surface area contributed by atoms with Crippen LogP contribution in [-0.2, 0) is 4.79 Å². The number of rotatable bonds is 5. The van der Waals surface area contributed by atoms with Gasteiger partial charge in [0.05, 0.1) is 33.1 Å². The SMILES string of the molecule is COc1cc(C2=NN(C(C)=O)[C@H](c3ccc(OC)c(OC)c3)C2)ccc1O.